The molecule has 0 heterocycles. The molecule has 0 aliphatic heterocycles. The molecule has 8 nitrogen and oxygen atoms in total. The van der Waals surface area contributed by atoms with Gasteiger partial charge in [0.25, 0.3) is 0 Å². The Hall–Kier alpha value is -0.350. The van der Waals surface area contributed by atoms with Crippen LogP contribution < -0.4 is 10.4 Å². The van der Waals surface area contributed by atoms with Crippen molar-refractivity contribution in [3.05, 3.63) is 0 Å². The number of hydrogen-bond donors (Lipinski definition) is 3. The highest BCUT2D eigenvalue weighted by atomic mass is 127. The molecule has 0 aromatic carbocycles. The second kappa shape index (κ2) is 12.1. The Labute approximate surface area is 156 Å². The Morgan fingerprint density at radius 2 is 1.62 bits per heavy atom. The highest BCUT2D eigenvalue weighted by molar-refractivity contribution is 14.1. The molecule has 0 saturated heterocycles. The molecule has 10 heteroatoms. The van der Waals surface area contributed by atoms with E-state index in [4.69, 9.17) is 0 Å². The van der Waals surface area contributed by atoms with Gasteiger partial charge in [-0.05, 0) is 13.8 Å². The van der Waals surface area contributed by atoms with Gasteiger partial charge in [0.15, 0.2) is 0 Å². The lowest BCUT2D eigenvalue weighted by molar-refractivity contribution is -0.123. The monoisotopic (exact) mass is 475 g/mol. The van der Waals surface area contributed by atoms with E-state index in [2.05, 4.69) is 33.0 Å². The van der Waals surface area contributed by atoms with E-state index < -0.39 is 7.67 Å². The molecule has 0 fully saturated rings. The lowest BCUT2D eigenvalue weighted by atomic mass is 10.2. The third-order valence-corrected chi connectivity index (χ3v) is 6.37. The number of nitrogens with one attached hydrogen (secondary N) is 2. The van der Waals surface area contributed by atoms with Gasteiger partial charge in [-0.3, -0.25) is 18.9 Å². The molecule has 0 aromatic rings. The first-order valence-corrected chi connectivity index (χ1v) is 10.9. The van der Waals surface area contributed by atoms with Crippen LogP contribution >= 0.6 is 30.3 Å². The van der Waals surface area contributed by atoms with Gasteiger partial charge in [-0.1, -0.05) is 29.5 Å². The maximum atomic E-state index is 12.4. The summed E-state index contributed by atoms with van der Waals surface area (Å²) in [6.45, 7) is 5.15. The normalized spacial score (nSPS) is 14.9. The third kappa shape index (κ3) is 10.5. The Balaban J connectivity index is 4.51. The number of hydrogen-bond acceptors (Lipinski definition) is 4. The molecule has 0 spiro atoms. The van der Waals surface area contributed by atoms with Crippen molar-refractivity contribution in [3.63, 3.8) is 0 Å². The van der Waals surface area contributed by atoms with E-state index in [1.807, 2.05) is 0 Å². The first kappa shape index (κ1) is 23.6. The summed E-state index contributed by atoms with van der Waals surface area (Å²) >= 11 is 2.12. The van der Waals surface area contributed by atoms with E-state index in [0.717, 1.165) is 0 Å². The van der Waals surface area contributed by atoms with Gasteiger partial charge in [0.2, 0.25) is 5.91 Å². The predicted molar refractivity (Wildman–Crippen MR) is 101 cm³/mol. The first-order valence-electron chi connectivity index (χ1n) is 7.76. The molecule has 0 aromatic heterocycles. The van der Waals surface area contributed by atoms with Crippen LogP contribution in [-0.4, -0.2) is 57.6 Å². The topological polar surface area (TPSA) is 116 Å². The zero-order chi connectivity index (χ0) is 18.8. The van der Waals surface area contributed by atoms with Gasteiger partial charge in [-0.25, -0.2) is 9.76 Å². The molecule has 3 N–H and O–H groups in total. The summed E-state index contributed by atoms with van der Waals surface area (Å²) in [6.07, 6.45) is 0.266. The molecule has 2 atom stereocenters. The van der Waals surface area contributed by atoms with E-state index in [9.17, 15) is 23.8 Å². The van der Waals surface area contributed by atoms with E-state index in [1.54, 1.807) is 6.92 Å². The number of Topliss-reactive ketones (excluding diaryl/α,β-unsaturated/α-hetero) is 2. The Morgan fingerprint density at radius 3 is 2.04 bits per heavy atom. The molecule has 0 saturated carbocycles. The van der Waals surface area contributed by atoms with Crippen LogP contribution in [0.25, 0.3) is 0 Å². The van der Waals surface area contributed by atoms with Crippen molar-refractivity contribution in [2.75, 3.05) is 30.6 Å². The zero-order valence-electron chi connectivity index (χ0n) is 14.4. The van der Waals surface area contributed by atoms with Gasteiger partial charge in [0.05, 0.1) is 0 Å². The van der Waals surface area contributed by atoms with Crippen LogP contribution in [0.3, 0.4) is 0 Å². The number of carbonyl (C=O) groups is 3. The second-order valence-corrected chi connectivity index (χ2v) is 8.51. The fourth-order valence-corrected chi connectivity index (χ4v) is 3.43. The molecular formula is C14H27IN3O5P. The van der Waals surface area contributed by atoms with Gasteiger partial charge in [0, 0.05) is 49.4 Å². The Morgan fingerprint density at radius 1 is 1.12 bits per heavy atom. The molecule has 24 heavy (non-hydrogen) atoms. The summed E-state index contributed by atoms with van der Waals surface area (Å²) < 4.78 is 14.3. The Kier molecular flexibility index (Phi) is 11.9. The van der Waals surface area contributed by atoms with Crippen LogP contribution in [0.2, 0.25) is 0 Å². The molecule has 0 aliphatic rings. The van der Waals surface area contributed by atoms with Crippen LogP contribution in [0.4, 0.5) is 0 Å². The van der Waals surface area contributed by atoms with Gasteiger partial charge in [-0.15, -0.1) is 0 Å². The lowest BCUT2D eigenvalue weighted by Crippen LogP contribution is -2.37. The van der Waals surface area contributed by atoms with Crippen molar-refractivity contribution in [2.45, 2.75) is 33.6 Å². The summed E-state index contributed by atoms with van der Waals surface area (Å²) in [5.41, 5.74) is 0. The van der Waals surface area contributed by atoms with Crippen LogP contribution in [0, 0.1) is 5.92 Å². The van der Waals surface area contributed by atoms with E-state index in [-0.39, 0.29) is 62.4 Å². The SMILES string of the molecule is CC(=O)CCN(CCC(C)=O)P(=O)(O)NCCNC(=O)[C@@H](C)CI. The van der Waals surface area contributed by atoms with Crippen molar-refractivity contribution in [3.8, 4) is 0 Å². The largest absolute Gasteiger partial charge is 0.355 e. The van der Waals surface area contributed by atoms with Crippen LogP contribution in [0.1, 0.15) is 33.6 Å². The van der Waals surface area contributed by atoms with E-state index >= 15 is 0 Å². The second-order valence-electron chi connectivity index (χ2n) is 5.66. The number of amides is 1. The third-order valence-electron chi connectivity index (χ3n) is 3.25. The Bertz CT molecular complexity index is 471. The van der Waals surface area contributed by atoms with E-state index in [1.165, 1.54) is 18.5 Å². The molecule has 0 bridgehead atoms. The summed E-state index contributed by atoms with van der Waals surface area (Å²) in [5, 5.41) is 5.20. The molecule has 0 aliphatic carbocycles. The smallest absolute Gasteiger partial charge is 0.340 e. The lowest BCUT2D eigenvalue weighted by Gasteiger charge is -2.27. The fraction of sp³-hybridized carbons (Fsp3) is 0.786. The molecule has 1 unspecified atom stereocenters. The number of nitrogens with zero attached hydrogens (tertiary/aromatic N) is 1. The summed E-state index contributed by atoms with van der Waals surface area (Å²) in [6, 6.07) is 0. The van der Waals surface area contributed by atoms with Gasteiger partial charge >= 0.3 is 7.67 Å². The van der Waals surface area contributed by atoms with Gasteiger partial charge in [-0.2, -0.15) is 0 Å². The number of carbonyl (C=O) groups excluding carboxylic acids is 3. The van der Waals surface area contributed by atoms with Crippen LogP contribution in [0.5, 0.6) is 0 Å². The minimum absolute atomic E-state index is 0.0946. The number of halogens is 1. The van der Waals surface area contributed by atoms with Crippen molar-refractivity contribution in [2.24, 2.45) is 5.92 Å². The summed E-state index contributed by atoms with van der Waals surface area (Å²) in [7, 11) is -3.88. The average molecular weight is 475 g/mol. The van der Waals surface area contributed by atoms with Crippen molar-refractivity contribution < 1.29 is 23.8 Å². The van der Waals surface area contributed by atoms with Crippen molar-refractivity contribution in [1.82, 2.24) is 15.1 Å². The molecule has 0 rings (SSSR count). The van der Waals surface area contributed by atoms with E-state index in [0.29, 0.717) is 4.43 Å². The minimum Gasteiger partial charge on any atom is -0.355 e. The maximum Gasteiger partial charge on any atom is 0.340 e. The number of rotatable bonds is 13. The first-order chi connectivity index (χ1) is 11.1. The number of alkyl halides is 1. The average Bonchev–Trinajstić information content (AvgIpc) is 2.49. The number of ketones is 2. The molecular weight excluding hydrogens is 448 g/mol. The highest BCUT2D eigenvalue weighted by Crippen LogP contribution is 2.40. The fourth-order valence-electron chi connectivity index (χ4n) is 1.69. The molecule has 1 amide bonds. The van der Waals surface area contributed by atoms with Crippen LogP contribution in [-0.2, 0) is 18.9 Å². The van der Waals surface area contributed by atoms with Crippen molar-refractivity contribution >= 4 is 47.7 Å². The van der Waals surface area contributed by atoms with Crippen LogP contribution in [0.15, 0.2) is 0 Å². The minimum atomic E-state index is -3.88. The summed E-state index contributed by atoms with van der Waals surface area (Å²) in [5.74, 6) is -0.413. The maximum absolute atomic E-state index is 12.4. The van der Waals surface area contributed by atoms with Gasteiger partial charge < -0.3 is 10.2 Å². The van der Waals surface area contributed by atoms with Gasteiger partial charge in [0.1, 0.15) is 11.6 Å². The predicted octanol–water partition coefficient (Wildman–Crippen LogP) is 1.12. The van der Waals surface area contributed by atoms with Crippen molar-refractivity contribution in [1.29, 1.82) is 0 Å². The zero-order valence-corrected chi connectivity index (χ0v) is 17.4. The quantitative estimate of drug-likeness (QED) is 0.158. The summed E-state index contributed by atoms with van der Waals surface area (Å²) in [4.78, 5) is 44.0. The highest BCUT2D eigenvalue weighted by Gasteiger charge is 2.27. The molecule has 140 valence electrons. The molecule has 0 radical (unpaired) electrons. The standard InChI is InChI=1S/C14H27IN3O5P/c1-11(10-15)14(21)16-6-7-17-24(22,23)18(8-4-12(2)19)9-5-13(3)20/h11H,4-10H2,1-3H3,(H,16,21)(H2,17,22,23)/t11-/m0/s1.